The Bertz CT molecular complexity index is 1630. The number of nitrogens with two attached hydrogens (primary N) is 1. The number of aryl methyl sites for hydroxylation is 3. The topological polar surface area (TPSA) is 112 Å². The highest BCUT2D eigenvalue weighted by atomic mass is 32.2. The Balaban J connectivity index is 1.67. The highest BCUT2D eigenvalue weighted by Gasteiger charge is 2.30. The van der Waals surface area contributed by atoms with Gasteiger partial charge >= 0.3 is 0 Å². The van der Waals surface area contributed by atoms with E-state index in [1.165, 1.54) is 15.4 Å². The normalized spacial score (nSPS) is 15.1. The summed E-state index contributed by atoms with van der Waals surface area (Å²) in [4.78, 5) is 19.7. The minimum atomic E-state index is -3.98. The summed E-state index contributed by atoms with van der Waals surface area (Å²) in [5.74, 6) is 0.0879. The van der Waals surface area contributed by atoms with Crippen LogP contribution in [0.25, 0.3) is 16.7 Å². The highest BCUT2D eigenvalue weighted by Crippen LogP contribution is 2.27. The maximum atomic E-state index is 13.8. The molecule has 188 valence electrons. The molecule has 0 saturated carbocycles. The molecule has 1 aliphatic heterocycles. The lowest BCUT2D eigenvalue weighted by Gasteiger charge is -2.23. The van der Waals surface area contributed by atoms with E-state index < -0.39 is 9.84 Å². The number of nitrogens with one attached hydrogen (secondary N) is 1. The van der Waals surface area contributed by atoms with Crippen LogP contribution >= 0.6 is 0 Å². The van der Waals surface area contributed by atoms with E-state index in [-0.39, 0.29) is 26.6 Å². The third-order valence-corrected chi connectivity index (χ3v) is 8.79. The molecule has 1 fully saturated rings. The Morgan fingerprint density at radius 2 is 1.89 bits per heavy atom. The van der Waals surface area contributed by atoms with E-state index in [1.807, 2.05) is 19.9 Å². The first-order chi connectivity index (χ1) is 17.3. The van der Waals surface area contributed by atoms with Gasteiger partial charge in [-0.25, -0.2) is 13.0 Å². The van der Waals surface area contributed by atoms with Crippen molar-refractivity contribution in [2.24, 2.45) is 0 Å². The second-order valence-corrected chi connectivity index (χ2v) is 11.3. The van der Waals surface area contributed by atoms with Crippen molar-refractivity contribution in [1.29, 1.82) is 0 Å². The van der Waals surface area contributed by atoms with Crippen molar-refractivity contribution in [3.8, 4) is 0 Å². The van der Waals surface area contributed by atoms with Gasteiger partial charge in [-0.05, 0) is 55.3 Å². The fourth-order valence-corrected chi connectivity index (χ4v) is 6.21. The largest absolute Gasteiger partial charge is 0.370 e. The Kier molecular flexibility index (Phi) is 6.50. The fourth-order valence-electron chi connectivity index (χ4n) is 4.72. The van der Waals surface area contributed by atoms with E-state index >= 15 is 0 Å². The van der Waals surface area contributed by atoms with Crippen molar-refractivity contribution in [3.05, 3.63) is 70.1 Å². The molecule has 1 saturated heterocycles. The molecule has 3 aromatic heterocycles. The minimum absolute atomic E-state index is 0.0771. The first-order valence-electron chi connectivity index (χ1n) is 12.1. The number of hydrogen-bond donors (Lipinski definition) is 2. The number of sulfone groups is 1. The Morgan fingerprint density at radius 1 is 1.11 bits per heavy atom. The Hall–Kier alpha value is -3.34. The van der Waals surface area contributed by atoms with Gasteiger partial charge in [0.15, 0.2) is 0 Å². The lowest BCUT2D eigenvalue weighted by molar-refractivity contribution is -0.910. The molecular weight excluding hydrogens is 478 g/mol. The van der Waals surface area contributed by atoms with Gasteiger partial charge in [-0.2, -0.15) is 0 Å². The van der Waals surface area contributed by atoms with Crippen molar-refractivity contribution < 1.29 is 22.6 Å². The lowest BCUT2D eigenvalue weighted by Crippen LogP contribution is -3.14. The molecule has 0 amide bonds. The first kappa shape index (κ1) is 24.4. The number of nitrogen functional groups attached to an aromatic ring is 1. The van der Waals surface area contributed by atoms with Crippen molar-refractivity contribution >= 4 is 32.3 Å². The summed E-state index contributed by atoms with van der Waals surface area (Å²) in [5.41, 5.74) is 8.96. The molecule has 0 bridgehead atoms. The Labute approximate surface area is 209 Å². The van der Waals surface area contributed by atoms with Gasteiger partial charge in [-0.1, -0.05) is 17.1 Å². The molecule has 5 rings (SSSR count). The number of nitrogens with zero attached hydrogens (tertiary/aromatic N) is 3. The van der Waals surface area contributed by atoms with Crippen molar-refractivity contribution in [1.82, 2.24) is 9.38 Å². The number of fused-ring (bicyclic) bond motifs is 2. The van der Waals surface area contributed by atoms with Gasteiger partial charge in [0, 0.05) is 12.6 Å². The van der Waals surface area contributed by atoms with Crippen molar-refractivity contribution in [2.45, 2.75) is 36.6 Å². The Morgan fingerprint density at radius 3 is 2.64 bits per heavy atom. The second kappa shape index (κ2) is 9.61. The molecule has 3 N–H and O–H groups in total. The number of aromatic nitrogens is 3. The predicted octanol–water partition coefficient (Wildman–Crippen LogP) is 0.472. The van der Waals surface area contributed by atoms with Crippen LogP contribution in [0.5, 0.6) is 0 Å². The third kappa shape index (κ3) is 4.36. The maximum Gasteiger partial charge on any atom is 0.278 e. The van der Waals surface area contributed by atoms with Crippen LogP contribution in [0.15, 0.2) is 63.2 Å². The first-order valence-corrected chi connectivity index (χ1v) is 13.6. The van der Waals surface area contributed by atoms with Crippen LogP contribution in [0.4, 0.5) is 5.82 Å². The van der Waals surface area contributed by atoms with Gasteiger partial charge in [0.2, 0.25) is 21.3 Å². The number of rotatable bonds is 6. The molecule has 0 unspecified atom stereocenters. The summed E-state index contributed by atoms with van der Waals surface area (Å²) in [7, 11) is -3.98. The van der Waals surface area contributed by atoms with Gasteiger partial charge < -0.3 is 15.4 Å². The van der Waals surface area contributed by atoms with E-state index in [0.29, 0.717) is 17.8 Å². The van der Waals surface area contributed by atoms with E-state index in [1.54, 1.807) is 41.1 Å². The molecule has 1 aliphatic rings. The molecule has 4 heterocycles. The summed E-state index contributed by atoms with van der Waals surface area (Å²) < 4.78 is 36.1. The maximum absolute atomic E-state index is 13.8. The number of hydrogen-bond acceptors (Lipinski definition) is 6. The van der Waals surface area contributed by atoms with Crippen LogP contribution in [-0.2, 0) is 21.1 Å². The minimum Gasteiger partial charge on any atom is -0.370 e. The fraction of sp³-hybridized carbons (Fsp3) is 0.346. The quantitative estimate of drug-likeness (QED) is 0.289. The van der Waals surface area contributed by atoms with E-state index in [9.17, 15) is 13.2 Å². The monoisotopic (exact) mass is 509 g/mol. The third-order valence-electron chi connectivity index (χ3n) is 7.01. The molecule has 0 atom stereocenters. The van der Waals surface area contributed by atoms with Crippen LogP contribution in [0.3, 0.4) is 0 Å². The van der Waals surface area contributed by atoms with Gasteiger partial charge in [-0.15, -0.1) is 0 Å². The van der Waals surface area contributed by atoms with Crippen molar-refractivity contribution in [2.75, 3.05) is 38.6 Å². The molecule has 36 heavy (non-hydrogen) atoms. The number of ether oxygens (including phenoxy) is 1. The number of morpholine rings is 1. The lowest BCUT2D eigenvalue weighted by atomic mass is 10.1. The molecule has 10 heteroatoms. The van der Waals surface area contributed by atoms with Crippen LogP contribution < -0.4 is 20.8 Å². The van der Waals surface area contributed by atoms with E-state index in [0.717, 1.165) is 50.4 Å². The van der Waals surface area contributed by atoms with Gasteiger partial charge in [-0.3, -0.25) is 9.20 Å². The number of quaternary nitrogens is 1. The predicted molar refractivity (Wildman–Crippen MR) is 136 cm³/mol. The van der Waals surface area contributed by atoms with Gasteiger partial charge in [0.05, 0.1) is 31.2 Å². The van der Waals surface area contributed by atoms with E-state index in [2.05, 4.69) is 0 Å². The molecule has 4 aromatic rings. The van der Waals surface area contributed by atoms with Crippen molar-refractivity contribution in [3.63, 3.8) is 0 Å². The molecule has 9 nitrogen and oxygen atoms in total. The average Bonchev–Trinajstić information content (AvgIpc) is 2.87. The molecule has 0 spiro atoms. The zero-order valence-electron chi connectivity index (χ0n) is 20.5. The zero-order chi connectivity index (χ0) is 25.4. The molecular formula is C26H31N5O4S+2. The summed E-state index contributed by atoms with van der Waals surface area (Å²) in [5, 5.41) is 0.217. The molecule has 0 aliphatic carbocycles. The summed E-state index contributed by atoms with van der Waals surface area (Å²) in [6, 6.07) is 11.7. The van der Waals surface area contributed by atoms with Crippen LogP contribution in [-0.4, -0.2) is 50.7 Å². The SMILES string of the molecule is Cc1ccc(S(=O)(=O)c2cc3c(=O)n4ccccc4nc3[n+](CCC[NH+]3CCOCC3)c2N)cc1C. The number of benzene rings is 1. The second-order valence-electron chi connectivity index (χ2n) is 9.34. The van der Waals surface area contributed by atoms with Crippen LogP contribution in [0, 0.1) is 13.8 Å². The molecule has 1 aromatic carbocycles. The van der Waals surface area contributed by atoms with Gasteiger partial charge in [0.25, 0.3) is 11.2 Å². The van der Waals surface area contributed by atoms with Gasteiger partial charge in [0.1, 0.15) is 23.4 Å². The summed E-state index contributed by atoms with van der Waals surface area (Å²) in [6.07, 6.45) is 2.38. The summed E-state index contributed by atoms with van der Waals surface area (Å²) in [6.45, 7) is 8.48. The van der Waals surface area contributed by atoms with Crippen LogP contribution in [0.2, 0.25) is 0 Å². The summed E-state index contributed by atoms with van der Waals surface area (Å²) >= 11 is 0. The number of anilines is 1. The smallest absolute Gasteiger partial charge is 0.278 e. The average molecular weight is 510 g/mol. The molecule has 0 radical (unpaired) electrons. The standard InChI is InChI=1S/C26H29N5O4S/c1-18-7-8-20(16-19(18)2)36(33,34)22-17-21-25(28-23-6-3-4-10-30(23)26(21)32)31(24(22)27)11-5-9-29-12-14-35-15-13-29/h3-4,6-8,10,16-17,27H,5,9,11-15H2,1-2H3/p+2. The zero-order valence-corrected chi connectivity index (χ0v) is 21.3. The van der Waals surface area contributed by atoms with Crippen LogP contribution in [0.1, 0.15) is 17.5 Å². The van der Waals surface area contributed by atoms with E-state index in [4.69, 9.17) is 15.5 Å². The highest BCUT2D eigenvalue weighted by molar-refractivity contribution is 7.91. The number of pyridine rings is 2.